The molecular formula is C17H22N2O6. The highest BCUT2D eigenvalue weighted by atomic mass is 16.6. The van der Waals surface area contributed by atoms with Gasteiger partial charge in [0.2, 0.25) is 11.9 Å². The average Bonchev–Trinajstić information content (AvgIpc) is 2.60. The van der Waals surface area contributed by atoms with Crippen LogP contribution in [0.2, 0.25) is 0 Å². The first-order chi connectivity index (χ1) is 12.0. The van der Waals surface area contributed by atoms with Gasteiger partial charge in [0, 0.05) is 18.5 Å². The van der Waals surface area contributed by atoms with Crippen molar-refractivity contribution in [3.63, 3.8) is 0 Å². The summed E-state index contributed by atoms with van der Waals surface area (Å²) in [5, 5.41) is 4.84. The monoisotopic (exact) mass is 350 g/mol. The van der Waals surface area contributed by atoms with Gasteiger partial charge in [-0.25, -0.2) is 9.59 Å². The van der Waals surface area contributed by atoms with E-state index in [1.807, 2.05) is 0 Å². The Labute approximate surface area is 145 Å². The Bertz CT molecular complexity index is 584. The van der Waals surface area contributed by atoms with Crippen LogP contribution in [-0.4, -0.2) is 49.6 Å². The Morgan fingerprint density at radius 1 is 0.960 bits per heavy atom. The van der Waals surface area contributed by atoms with E-state index in [1.54, 1.807) is 44.2 Å². The molecule has 0 atom stereocenters. The first kappa shape index (κ1) is 20.1. The van der Waals surface area contributed by atoms with Crippen LogP contribution >= 0.6 is 0 Å². The fourth-order valence-corrected chi connectivity index (χ4v) is 1.88. The molecule has 0 unspecified atom stereocenters. The predicted octanol–water partition coefficient (Wildman–Crippen LogP) is 0.418. The van der Waals surface area contributed by atoms with Gasteiger partial charge in [-0.05, 0) is 26.0 Å². The fraction of sp³-hybridized carbons (Fsp3) is 0.412. The molecule has 25 heavy (non-hydrogen) atoms. The minimum atomic E-state index is -1.52. The van der Waals surface area contributed by atoms with E-state index in [4.69, 9.17) is 9.47 Å². The minimum Gasteiger partial charge on any atom is -0.464 e. The fourth-order valence-electron chi connectivity index (χ4n) is 1.88. The van der Waals surface area contributed by atoms with Crippen LogP contribution in [0.1, 0.15) is 30.6 Å². The number of nitrogens with one attached hydrogen (secondary N) is 2. The lowest BCUT2D eigenvalue weighted by Crippen LogP contribution is -2.48. The largest absolute Gasteiger partial charge is 0.464 e. The van der Waals surface area contributed by atoms with Gasteiger partial charge in [-0.3, -0.25) is 9.59 Å². The number of carbonyl (C=O) groups excluding carboxylic acids is 4. The van der Waals surface area contributed by atoms with Crippen molar-refractivity contribution in [2.45, 2.75) is 26.3 Å². The van der Waals surface area contributed by atoms with Crippen LogP contribution in [0.4, 0.5) is 0 Å². The van der Waals surface area contributed by atoms with Gasteiger partial charge in [-0.1, -0.05) is 18.2 Å². The van der Waals surface area contributed by atoms with Crippen molar-refractivity contribution in [1.82, 2.24) is 10.6 Å². The highest BCUT2D eigenvalue weighted by Gasteiger charge is 2.31. The van der Waals surface area contributed by atoms with Gasteiger partial charge in [-0.15, -0.1) is 0 Å². The Morgan fingerprint density at radius 3 is 2.04 bits per heavy atom. The molecule has 0 aliphatic heterocycles. The third kappa shape index (κ3) is 7.03. The van der Waals surface area contributed by atoms with E-state index in [9.17, 15) is 19.2 Å². The summed E-state index contributed by atoms with van der Waals surface area (Å²) >= 11 is 0. The molecule has 0 aromatic heterocycles. The summed E-state index contributed by atoms with van der Waals surface area (Å²) in [5.41, 5.74) is 0.471. The molecule has 0 bridgehead atoms. The smallest absolute Gasteiger partial charge is 0.340 e. The average molecular weight is 350 g/mol. The van der Waals surface area contributed by atoms with Crippen molar-refractivity contribution in [2.75, 3.05) is 19.8 Å². The van der Waals surface area contributed by atoms with Crippen molar-refractivity contribution >= 4 is 23.8 Å². The van der Waals surface area contributed by atoms with Gasteiger partial charge < -0.3 is 20.1 Å². The number of benzene rings is 1. The Hall–Kier alpha value is -2.90. The number of ether oxygens (including phenoxy) is 2. The summed E-state index contributed by atoms with van der Waals surface area (Å²) in [7, 11) is 0. The van der Waals surface area contributed by atoms with E-state index in [2.05, 4.69) is 10.6 Å². The molecule has 8 heteroatoms. The van der Waals surface area contributed by atoms with Crippen molar-refractivity contribution in [3.8, 4) is 0 Å². The predicted molar refractivity (Wildman–Crippen MR) is 88.6 cm³/mol. The first-order valence-corrected chi connectivity index (χ1v) is 7.95. The summed E-state index contributed by atoms with van der Waals surface area (Å²) in [5.74, 6) is -2.68. The molecular weight excluding hydrogens is 328 g/mol. The van der Waals surface area contributed by atoms with Crippen LogP contribution in [0, 0.1) is 0 Å². The SMILES string of the molecule is CCOC(=O)C(NC(=O)CCNC(=O)c1ccccc1)C(=O)OCC. The molecule has 0 aliphatic carbocycles. The van der Waals surface area contributed by atoms with E-state index < -0.39 is 23.9 Å². The summed E-state index contributed by atoms with van der Waals surface area (Å²) in [6.07, 6.45) is -0.103. The van der Waals surface area contributed by atoms with Gasteiger partial charge in [0.05, 0.1) is 13.2 Å². The van der Waals surface area contributed by atoms with Crippen molar-refractivity contribution in [2.24, 2.45) is 0 Å². The second kappa shape index (κ2) is 10.8. The van der Waals surface area contributed by atoms with Crippen LogP contribution in [-0.2, 0) is 23.9 Å². The summed E-state index contributed by atoms with van der Waals surface area (Å²) in [6.45, 7) is 3.36. The molecule has 0 radical (unpaired) electrons. The molecule has 0 saturated heterocycles. The maximum absolute atomic E-state index is 11.9. The maximum atomic E-state index is 11.9. The number of hydrogen-bond donors (Lipinski definition) is 2. The zero-order chi connectivity index (χ0) is 18.7. The molecule has 8 nitrogen and oxygen atoms in total. The highest BCUT2D eigenvalue weighted by molar-refractivity contribution is 6.02. The Balaban J connectivity index is 2.50. The van der Waals surface area contributed by atoms with Gasteiger partial charge in [0.1, 0.15) is 0 Å². The van der Waals surface area contributed by atoms with Crippen LogP contribution in [0.25, 0.3) is 0 Å². The van der Waals surface area contributed by atoms with Crippen LogP contribution < -0.4 is 10.6 Å². The lowest BCUT2D eigenvalue weighted by atomic mass is 10.2. The molecule has 1 rings (SSSR count). The zero-order valence-electron chi connectivity index (χ0n) is 14.2. The van der Waals surface area contributed by atoms with Crippen LogP contribution in [0.5, 0.6) is 0 Å². The lowest BCUT2D eigenvalue weighted by molar-refractivity contribution is -0.159. The summed E-state index contributed by atoms with van der Waals surface area (Å²) in [6, 6.07) is 7.02. The molecule has 136 valence electrons. The molecule has 2 N–H and O–H groups in total. The number of hydrogen-bond acceptors (Lipinski definition) is 6. The third-order valence-corrected chi connectivity index (χ3v) is 3.02. The zero-order valence-corrected chi connectivity index (χ0v) is 14.2. The molecule has 0 heterocycles. The van der Waals surface area contributed by atoms with Gasteiger partial charge in [0.15, 0.2) is 0 Å². The van der Waals surface area contributed by atoms with E-state index in [1.165, 1.54) is 0 Å². The number of carbonyl (C=O) groups is 4. The second-order valence-corrected chi connectivity index (χ2v) is 4.88. The highest BCUT2D eigenvalue weighted by Crippen LogP contribution is 1.98. The van der Waals surface area contributed by atoms with Gasteiger partial charge >= 0.3 is 11.9 Å². The lowest BCUT2D eigenvalue weighted by Gasteiger charge is -2.16. The second-order valence-electron chi connectivity index (χ2n) is 4.88. The molecule has 2 amide bonds. The number of rotatable bonds is 9. The van der Waals surface area contributed by atoms with Crippen molar-refractivity contribution < 1.29 is 28.7 Å². The van der Waals surface area contributed by atoms with E-state index in [0.717, 1.165) is 0 Å². The topological polar surface area (TPSA) is 111 Å². The molecule has 1 aromatic rings. The normalized spacial score (nSPS) is 10.0. The van der Waals surface area contributed by atoms with Crippen LogP contribution in [0.15, 0.2) is 30.3 Å². The van der Waals surface area contributed by atoms with E-state index in [0.29, 0.717) is 5.56 Å². The van der Waals surface area contributed by atoms with Crippen molar-refractivity contribution in [3.05, 3.63) is 35.9 Å². The Kier molecular flexibility index (Phi) is 8.70. The Morgan fingerprint density at radius 2 is 1.52 bits per heavy atom. The number of esters is 2. The summed E-state index contributed by atoms with van der Waals surface area (Å²) in [4.78, 5) is 47.3. The summed E-state index contributed by atoms with van der Waals surface area (Å²) < 4.78 is 9.50. The molecule has 1 aromatic carbocycles. The molecule has 0 spiro atoms. The number of amides is 2. The maximum Gasteiger partial charge on any atom is 0.340 e. The van der Waals surface area contributed by atoms with Crippen molar-refractivity contribution in [1.29, 1.82) is 0 Å². The van der Waals surface area contributed by atoms with Crippen LogP contribution in [0.3, 0.4) is 0 Å². The van der Waals surface area contributed by atoms with E-state index in [-0.39, 0.29) is 32.1 Å². The quantitative estimate of drug-likeness (QED) is 0.493. The standard InChI is InChI=1S/C17H22N2O6/c1-3-24-16(22)14(17(23)25-4-2)19-13(20)10-11-18-15(21)12-8-6-5-7-9-12/h5-9,14H,3-4,10-11H2,1-2H3,(H,18,21)(H,19,20). The first-order valence-electron chi connectivity index (χ1n) is 7.95. The molecule has 0 fully saturated rings. The molecule has 0 saturated carbocycles. The van der Waals surface area contributed by atoms with Gasteiger partial charge in [-0.2, -0.15) is 0 Å². The molecule has 0 aliphatic rings. The minimum absolute atomic E-state index is 0.0535. The van der Waals surface area contributed by atoms with Gasteiger partial charge in [0.25, 0.3) is 5.91 Å². The third-order valence-electron chi connectivity index (χ3n) is 3.02. The van der Waals surface area contributed by atoms with E-state index >= 15 is 0 Å².